The van der Waals surface area contributed by atoms with Gasteiger partial charge in [0.05, 0.1) is 0 Å². The third kappa shape index (κ3) is 9.73. The van der Waals surface area contributed by atoms with E-state index < -0.39 is 0 Å². The molecule has 3 N–H and O–H groups in total. The fraction of sp³-hybridized carbons (Fsp3) is 0.917. The minimum Gasteiger partial charge on any atom is -0.370 e. The van der Waals surface area contributed by atoms with Crippen molar-refractivity contribution >= 4 is 5.91 Å². The summed E-state index contributed by atoms with van der Waals surface area (Å²) in [5.74, 6) is -0.229. The van der Waals surface area contributed by atoms with Crippen molar-refractivity contribution in [3.8, 4) is 0 Å². The second-order valence-electron chi connectivity index (χ2n) is 4.49. The summed E-state index contributed by atoms with van der Waals surface area (Å²) < 4.78 is 0. The van der Waals surface area contributed by atoms with E-state index in [0.717, 1.165) is 0 Å². The molecule has 90 valence electrons. The van der Waals surface area contributed by atoms with E-state index in [9.17, 15) is 4.79 Å². The van der Waals surface area contributed by atoms with Crippen LogP contribution in [0.1, 0.15) is 59.3 Å². The predicted molar refractivity (Wildman–Crippen MR) is 64.6 cm³/mol. The Labute approximate surface area is 93.8 Å². The Morgan fingerprint density at radius 3 is 2.40 bits per heavy atom. The lowest BCUT2D eigenvalue weighted by molar-refractivity contribution is -0.118. The Kier molecular flexibility index (Phi) is 8.38. The first-order valence-corrected chi connectivity index (χ1v) is 6.10. The molecule has 15 heavy (non-hydrogen) atoms. The molecule has 0 aromatic heterocycles. The molecule has 1 amide bonds. The van der Waals surface area contributed by atoms with Gasteiger partial charge in [-0.1, -0.05) is 32.6 Å². The van der Waals surface area contributed by atoms with Crippen LogP contribution in [-0.2, 0) is 4.79 Å². The molecule has 0 aromatic carbocycles. The van der Waals surface area contributed by atoms with Gasteiger partial charge in [0.2, 0.25) is 5.91 Å². The zero-order valence-electron chi connectivity index (χ0n) is 10.4. The highest BCUT2D eigenvalue weighted by atomic mass is 16.1. The van der Waals surface area contributed by atoms with Crippen molar-refractivity contribution in [3.63, 3.8) is 0 Å². The van der Waals surface area contributed by atoms with Gasteiger partial charge >= 0.3 is 0 Å². The van der Waals surface area contributed by atoms with Crippen LogP contribution in [0.3, 0.4) is 0 Å². The lowest BCUT2D eigenvalue weighted by Gasteiger charge is -2.18. The van der Waals surface area contributed by atoms with Gasteiger partial charge in [0, 0.05) is 18.5 Å². The Morgan fingerprint density at radius 1 is 1.20 bits per heavy atom. The number of hydrogen-bond donors (Lipinski definition) is 2. The molecule has 0 saturated heterocycles. The number of unbranched alkanes of at least 4 members (excludes halogenated alkanes) is 3. The van der Waals surface area contributed by atoms with Crippen LogP contribution in [0.2, 0.25) is 0 Å². The van der Waals surface area contributed by atoms with E-state index in [1.165, 1.54) is 32.1 Å². The van der Waals surface area contributed by atoms with Crippen LogP contribution in [0.15, 0.2) is 0 Å². The number of carbonyl (C=O) groups is 1. The third-order valence-corrected chi connectivity index (χ3v) is 2.57. The van der Waals surface area contributed by atoms with E-state index >= 15 is 0 Å². The lowest BCUT2D eigenvalue weighted by Crippen LogP contribution is -2.37. The molecule has 3 heteroatoms. The van der Waals surface area contributed by atoms with Crippen LogP contribution in [-0.4, -0.2) is 18.0 Å². The van der Waals surface area contributed by atoms with Crippen molar-refractivity contribution in [2.75, 3.05) is 0 Å². The number of hydrogen-bond acceptors (Lipinski definition) is 2. The number of carbonyl (C=O) groups excluding carboxylic acids is 1. The Balaban J connectivity index is 3.46. The zero-order chi connectivity index (χ0) is 11.7. The van der Waals surface area contributed by atoms with E-state index in [2.05, 4.69) is 19.2 Å². The van der Waals surface area contributed by atoms with E-state index in [1.807, 2.05) is 6.92 Å². The molecule has 2 atom stereocenters. The highest BCUT2D eigenvalue weighted by Gasteiger charge is 2.09. The van der Waals surface area contributed by atoms with Crippen molar-refractivity contribution in [3.05, 3.63) is 0 Å². The predicted octanol–water partition coefficient (Wildman–Crippen LogP) is 2.20. The van der Waals surface area contributed by atoms with Crippen LogP contribution >= 0.6 is 0 Å². The average molecular weight is 214 g/mol. The SMILES string of the molecule is CCCCCCC(C)NC(C)CC(N)=O. The summed E-state index contributed by atoms with van der Waals surface area (Å²) in [5.41, 5.74) is 5.13. The Morgan fingerprint density at radius 2 is 1.87 bits per heavy atom. The van der Waals surface area contributed by atoms with Crippen LogP contribution < -0.4 is 11.1 Å². The Bertz CT molecular complexity index is 171. The molecule has 0 aromatic rings. The number of nitrogens with two attached hydrogens (primary N) is 1. The van der Waals surface area contributed by atoms with Crippen LogP contribution in [0, 0.1) is 0 Å². The lowest BCUT2D eigenvalue weighted by atomic mass is 10.1. The largest absolute Gasteiger partial charge is 0.370 e. The van der Waals surface area contributed by atoms with Crippen LogP contribution in [0.5, 0.6) is 0 Å². The minimum atomic E-state index is -0.229. The normalized spacial score (nSPS) is 14.9. The summed E-state index contributed by atoms with van der Waals surface area (Å²) in [6.45, 7) is 6.40. The minimum absolute atomic E-state index is 0.198. The average Bonchev–Trinajstić information content (AvgIpc) is 2.10. The molecule has 0 heterocycles. The van der Waals surface area contributed by atoms with Crippen molar-refractivity contribution in [2.24, 2.45) is 5.73 Å². The third-order valence-electron chi connectivity index (χ3n) is 2.57. The molecule has 0 aliphatic rings. The van der Waals surface area contributed by atoms with Gasteiger partial charge in [-0.2, -0.15) is 0 Å². The molecule has 2 unspecified atom stereocenters. The van der Waals surface area contributed by atoms with Crippen LogP contribution in [0.4, 0.5) is 0 Å². The van der Waals surface area contributed by atoms with E-state index in [0.29, 0.717) is 12.5 Å². The van der Waals surface area contributed by atoms with Gasteiger partial charge in [-0.15, -0.1) is 0 Å². The van der Waals surface area contributed by atoms with E-state index in [-0.39, 0.29) is 11.9 Å². The van der Waals surface area contributed by atoms with E-state index in [4.69, 9.17) is 5.73 Å². The second kappa shape index (κ2) is 8.72. The first-order chi connectivity index (χ1) is 7.06. The summed E-state index contributed by atoms with van der Waals surface area (Å²) in [5, 5.41) is 3.39. The van der Waals surface area contributed by atoms with Crippen molar-refractivity contribution in [1.29, 1.82) is 0 Å². The first-order valence-electron chi connectivity index (χ1n) is 6.10. The van der Waals surface area contributed by atoms with Gasteiger partial charge < -0.3 is 11.1 Å². The monoisotopic (exact) mass is 214 g/mol. The molecule has 0 fully saturated rings. The molecule has 0 rings (SSSR count). The quantitative estimate of drug-likeness (QED) is 0.578. The topological polar surface area (TPSA) is 55.1 Å². The molecule has 0 saturated carbocycles. The summed E-state index contributed by atoms with van der Waals surface area (Å²) in [6, 6.07) is 0.680. The molecular formula is C12H26N2O. The number of amides is 1. The van der Waals surface area contributed by atoms with Crippen molar-refractivity contribution < 1.29 is 4.79 Å². The standard InChI is InChI=1S/C12H26N2O/c1-4-5-6-7-8-10(2)14-11(3)9-12(13)15/h10-11,14H,4-9H2,1-3H3,(H2,13,15). The summed E-state index contributed by atoms with van der Waals surface area (Å²) in [7, 11) is 0. The maximum Gasteiger partial charge on any atom is 0.218 e. The molecule has 0 aliphatic carbocycles. The number of primary amides is 1. The summed E-state index contributed by atoms with van der Waals surface area (Å²) in [6.07, 6.45) is 6.80. The molecular weight excluding hydrogens is 188 g/mol. The molecule has 0 bridgehead atoms. The molecule has 0 aliphatic heterocycles. The zero-order valence-corrected chi connectivity index (χ0v) is 10.4. The maximum atomic E-state index is 10.7. The summed E-state index contributed by atoms with van der Waals surface area (Å²) >= 11 is 0. The Hall–Kier alpha value is -0.570. The highest BCUT2D eigenvalue weighted by molar-refractivity contribution is 5.74. The summed E-state index contributed by atoms with van der Waals surface area (Å²) in [4.78, 5) is 10.7. The fourth-order valence-electron chi connectivity index (χ4n) is 1.81. The van der Waals surface area contributed by atoms with Gasteiger partial charge in [0.25, 0.3) is 0 Å². The highest BCUT2D eigenvalue weighted by Crippen LogP contribution is 2.06. The van der Waals surface area contributed by atoms with Crippen molar-refractivity contribution in [1.82, 2.24) is 5.32 Å². The van der Waals surface area contributed by atoms with E-state index in [1.54, 1.807) is 0 Å². The first kappa shape index (κ1) is 14.4. The number of nitrogens with one attached hydrogen (secondary N) is 1. The van der Waals surface area contributed by atoms with Crippen LogP contribution in [0.25, 0.3) is 0 Å². The van der Waals surface area contributed by atoms with Gasteiger partial charge in [0.15, 0.2) is 0 Å². The van der Waals surface area contributed by atoms with Gasteiger partial charge in [-0.25, -0.2) is 0 Å². The van der Waals surface area contributed by atoms with Gasteiger partial charge in [-0.05, 0) is 20.3 Å². The second-order valence-corrected chi connectivity index (χ2v) is 4.49. The number of rotatable bonds is 9. The fourth-order valence-corrected chi connectivity index (χ4v) is 1.81. The molecule has 0 radical (unpaired) electrons. The molecule has 0 spiro atoms. The molecule has 3 nitrogen and oxygen atoms in total. The smallest absolute Gasteiger partial charge is 0.218 e. The van der Waals surface area contributed by atoms with Gasteiger partial charge in [0.1, 0.15) is 0 Å². The van der Waals surface area contributed by atoms with Gasteiger partial charge in [-0.3, -0.25) is 4.79 Å². The van der Waals surface area contributed by atoms with Crippen molar-refractivity contribution in [2.45, 2.75) is 71.4 Å². The maximum absolute atomic E-state index is 10.7.